The molecule has 92 valence electrons. The third kappa shape index (κ3) is 4.18. The van der Waals surface area contributed by atoms with Gasteiger partial charge in [0, 0.05) is 12.5 Å². The molecule has 0 spiro atoms. The van der Waals surface area contributed by atoms with Crippen molar-refractivity contribution in [2.24, 2.45) is 0 Å². The molecule has 2 saturated heterocycles. The summed E-state index contributed by atoms with van der Waals surface area (Å²) in [6.45, 7) is 2.99. The van der Waals surface area contributed by atoms with Gasteiger partial charge in [0.25, 0.3) is 0 Å². The molecule has 0 radical (unpaired) electrons. The summed E-state index contributed by atoms with van der Waals surface area (Å²) in [5.41, 5.74) is 0. The molecule has 0 saturated carbocycles. The second-order valence-corrected chi connectivity index (χ2v) is 4.24. The highest BCUT2D eigenvalue weighted by atomic mass is 16.4. The molecule has 16 heavy (non-hydrogen) atoms. The van der Waals surface area contributed by atoms with Crippen LogP contribution in [0.5, 0.6) is 0 Å². The molecule has 3 N–H and O–H groups in total. The Hall–Kier alpha value is -1.10. The molecule has 0 aromatic carbocycles. The number of hydrogen-bond acceptors (Lipinski definition) is 3. The predicted molar refractivity (Wildman–Crippen MR) is 60.1 cm³/mol. The van der Waals surface area contributed by atoms with Crippen LogP contribution in [0.2, 0.25) is 0 Å². The first kappa shape index (κ1) is 13.0. The number of aliphatic carboxylic acids is 1. The number of carbonyl (C=O) groups is 2. The van der Waals surface area contributed by atoms with Crippen molar-refractivity contribution in [2.75, 3.05) is 6.54 Å². The van der Waals surface area contributed by atoms with Crippen molar-refractivity contribution in [1.82, 2.24) is 10.6 Å². The quantitative estimate of drug-likeness (QED) is 0.615. The standard InChI is InChI=1S/C6H11NO.C5H9NO2/c1-2-3-5-4-6(8)7-5;7-5(8)4-2-1-3-6-4/h5H,2-4H2,1H3,(H,7,8);4,6H,1-3H2,(H,7,8)/t5-;4-/m00/s1. The van der Waals surface area contributed by atoms with Crippen LogP contribution in [-0.2, 0) is 9.59 Å². The Morgan fingerprint density at radius 2 is 2.25 bits per heavy atom. The summed E-state index contributed by atoms with van der Waals surface area (Å²) in [6, 6.07) is 0.238. The number of rotatable bonds is 3. The molecule has 0 aromatic rings. The maximum atomic E-state index is 10.3. The van der Waals surface area contributed by atoms with Crippen molar-refractivity contribution in [3.8, 4) is 0 Å². The zero-order valence-electron chi connectivity index (χ0n) is 9.66. The number of carbonyl (C=O) groups excluding carboxylic acids is 1. The lowest BCUT2D eigenvalue weighted by molar-refractivity contribution is -0.139. The first-order chi connectivity index (χ1) is 7.63. The minimum absolute atomic E-state index is 0.212. The summed E-state index contributed by atoms with van der Waals surface area (Å²) >= 11 is 0. The van der Waals surface area contributed by atoms with Crippen LogP contribution in [0.4, 0.5) is 0 Å². The van der Waals surface area contributed by atoms with Crippen LogP contribution < -0.4 is 10.6 Å². The van der Waals surface area contributed by atoms with E-state index in [1.165, 1.54) is 6.42 Å². The Morgan fingerprint density at radius 1 is 1.56 bits per heavy atom. The van der Waals surface area contributed by atoms with Crippen LogP contribution in [0.25, 0.3) is 0 Å². The molecular weight excluding hydrogens is 208 g/mol. The molecule has 2 aliphatic heterocycles. The lowest BCUT2D eigenvalue weighted by Crippen LogP contribution is -2.48. The van der Waals surface area contributed by atoms with Gasteiger partial charge in [0.1, 0.15) is 6.04 Å². The van der Waals surface area contributed by atoms with E-state index in [0.29, 0.717) is 6.04 Å². The summed E-state index contributed by atoms with van der Waals surface area (Å²) in [6.07, 6.45) is 4.86. The van der Waals surface area contributed by atoms with Gasteiger partial charge in [0.15, 0.2) is 0 Å². The molecule has 5 nitrogen and oxygen atoms in total. The molecule has 0 aromatic heterocycles. The van der Waals surface area contributed by atoms with E-state index in [1.807, 2.05) is 0 Å². The highest BCUT2D eigenvalue weighted by molar-refractivity contribution is 5.82. The lowest BCUT2D eigenvalue weighted by Gasteiger charge is -2.25. The number of carboxylic acid groups (broad SMARTS) is 1. The summed E-state index contributed by atoms with van der Waals surface area (Å²) < 4.78 is 0. The van der Waals surface area contributed by atoms with E-state index >= 15 is 0 Å². The fraction of sp³-hybridized carbons (Fsp3) is 0.818. The summed E-state index contributed by atoms with van der Waals surface area (Å²) in [4.78, 5) is 20.4. The maximum absolute atomic E-state index is 10.3. The van der Waals surface area contributed by atoms with Gasteiger partial charge < -0.3 is 15.7 Å². The third-order valence-electron chi connectivity index (χ3n) is 2.79. The Morgan fingerprint density at radius 3 is 2.56 bits per heavy atom. The minimum atomic E-state index is -0.720. The van der Waals surface area contributed by atoms with Crippen molar-refractivity contribution in [2.45, 2.75) is 51.1 Å². The van der Waals surface area contributed by atoms with Crippen LogP contribution >= 0.6 is 0 Å². The Balaban J connectivity index is 0.000000160. The van der Waals surface area contributed by atoms with E-state index in [1.54, 1.807) is 0 Å². The predicted octanol–water partition coefficient (Wildman–Crippen LogP) is 0.498. The van der Waals surface area contributed by atoms with E-state index < -0.39 is 5.97 Å². The van der Waals surface area contributed by atoms with Crippen LogP contribution in [0.15, 0.2) is 0 Å². The number of hydrogen-bond donors (Lipinski definition) is 3. The normalized spacial score (nSPS) is 27.4. The Bertz CT molecular complexity index is 242. The molecule has 2 aliphatic rings. The maximum Gasteiger partial charge on any atom is 0.320 e. The molecular formula is C11H20N2O3. The van der Waals surface area contributed by atoms with Gasteiger partial charge in [-0.1, -0.05) is 13.3 Å². The Labute approximate surface area is 95.6 Å². The van der Waals surface area contributed by atoms with Crippen molar-refractivity contribution >= 4 is 11.9 Å². The van der Waals surface area contributed by atoms with Gasteiger partial charge in [0.2, 0.25) is 5.91 Å². The van der Waals surface area contributed by atoms with Gasteiger partial charge in [-0.15, -0.1) is 0 Å². The minimum Gasteiger partial charge on any atom is -0.480 e. The fourth-order valence-corrected chi connectivity index (χ4v) is 1.85. The van der Waals surface area contributed by atoms with E-state index in [2.05, 4.69) is 17.6 Å². The van der Waals surface area contributed by atoms with Gasteiger partial charge in [0.05, 0.1) is 0 Å². The molecule has 0 aliphatic carbocycles. The van der Waals surface area contributed by atoms with Crippen LogP contribution in [0.1, 0.15) is 39.0 Å². The van der Waals surface area contributed by atoms with Crippen molar-refractivity contribution in [3.05, 3.63) is 0 Å². The topological polar surface area (TPSA) is 78.4 Å². The lowest BCUT2D eigenvalue weighted by atomic mass is 10.0. The molecule has 2 fully saturated rings. The average Bonchev–Trinajstić information content (AvgIpc) is 2.69. The molecule has 5 heteroatoms. The molecule has 0 unspecified atom stereocenters. The molecule has 0 bridgehead atoms. The Kier molecular flexibility index (Phi) is 5.25. The SMILES string of the molecule is CCC[C@H]1CC(=O)N1.O=C(O)[C@@H]1CCCN1. The van der Waals surface area contributed by atoms with Crippen LogP contribution in [0, 0.1) is 0 Å². The molecule has 2 atom stereocenters. The highest BCUT2D eigenvalue weighted by Crippen LogP contribution is 2.09. The van der Waals surface area contributed by atoms with Gasteiger partial charge >= 0.3 is 5.97 Å². The first-order valence-corrected chi connectivity index (χ1v) is 5.89. The fourth-order valence-electron chi connectivity index (χ4n) is 1.85. The zero-order chi connectivity index (χ0) is 12.0. The smallest absolute Gasteiger partial charge is 0.320 e. The molecule has 2 rings (SSSR count). The summed E-state index contributed by atoms with van der Waals surface area (Å²) in [5.74, 6) is -0.508. The summed E-state index contributed by atoms with van der Waals surface area (Å²) in [5, 5.41) is 14.0. The number of nitrogens with one attached hydrogen (secondary N) is 2. The van der Waals surface area contributed by atoms with Crippen molar-refractivity contribution in [3.63, 3.8) is 0 Å². The van der Waals surface area contributed by atoms with E-state index in [9.17, 15) is 9.59 Å². The zero-order valence-corrected chi connectivity index (χ0v) is 9.66. The summed E-state index contributed by atoms with van der Waals surface area (Å²) in [7, 11) is 0. The van der Waals surface area contributed by atoms with Gasteiger partial charge in [-0.05, 0) is 25.8 Å². The van der Waals surface area contributed by atoms with E-state index in [4.69, 9.17) is 5.11 Å². The van der Waals surface area contributed by atoms with Crippen LogP contribution in [0.3, 0.4) is 0 Å². The monoisotopic (exact) mass is 228 g/mol. The highest BCUT2D eigenvalue weighted by Gasteiger charge is 2.23. The van der Waals surface area contributed by atoms with Crippen molar-refractivity contribution < 1.29 is 14.7 Å². The number of amides is 1. The van der Waals surface area contributed by atoms with Gasteiger partial charge in [-0.2, -0.15) is 0 Å². The number of β-lactam (4-membered cyclic amide) rings is 1. The number of carboxylic acids is 1. The van der Waals surface area contributed by atoms with Gasteiger partial charge in [-0.3, -0.25) is 9.59 Å². The largest absolute Gasteiger partial charge is 0.480 e. The second kappa shape index (κ2) is 6.48. The molecule has 1 amide bonds. The van der Waals surface area contributed by atoms with E-state index in [-0.39, 0.29) is 11.9 Å². The van der Waals surface area contributed by atoms with Crippen molar-refractivity contribution in [1.29, 1.82) is 0 Å². The van der Waals surface area contributed by atoms with E-state index in [0.717, 1.165) is 32.2 Å². The third-order valence-corrected chi connectivity index (χ3v) is 2.79. The first-order valence-electron chi connectivity index (χ1n) is 5.89. The molecule has 2 heterocycles. The van der Waals surface area contributed by atoms with Gasteiger partial charge in [-0.25, -0.2) is 0 Å². The van der Waals surface area contributed by atoms with Crippen LogP contribution in [-0.4, -0.2) is 35.6 Å². The average molecular weight is 228 g/mol. The second-order valence-electron chi connectivity index (χ2n) is 4.24.